The molecule has 69 heavy (non-hydrogen) atoms. The fourth-order valence-corrected chi connectivity index (χ4v) is 13.7. The maximum atomic E-state index is 14.6. The van der Waals surface area contributed by atoms with Gasteiger partial charge in [0.1, 0.15) is 5.78 Å². The highest BCUT2D eigenvalue weighted by atomic mass is 16.5. The molecule has 9 atom stereocenters. The highest BCUT2D eigenvalue weighted by Crippen LogP contribution is 2.60. The molecular formula is C56H89N3O10. The summed E-state index contributed by atoms with van der Waals surface area (Å²) in [7, 11) is 6.75. The Morgan fingerprint density at radius 3 is 1.99 bits per heavy atom. The van der Waals surface area contributed by atoms with Crippen LogP contribution < -0.4 is 0 Å². The average Bonchev–Trinajstić information content (AvgIpc) is 3.78. The third-order valence-corrected chi connectivity index (χ3v) is 17.0. The number of Topliss-reactive ketones (excluding diaryl/α,β-unsaturated/α-hetero) is 2. The van der Waals surface area contributed by atoms with E-state index in [0.717, 1.165) is 55.4 Å². The Kier molecular flexibility index (Phi) is 20.9. The van der Waals surface area contributed by atoms with Crippen molar-refractivity contribution in [3.63, 3.8) is 0 Å². The van der Waals surface area contributed by atoms with E-state index in [1.165, 1.54) is 19.3 Å². The SMILES string of the molecule is CC[C@H](C)[C@@H]([C@@H](CC(=O)N1CCC[C@H]1[C@H](OC)[C@@H](C)C(=O)C[C@@H](Cc1ccccc1)C(=O)OCC12CC3CC(CC(C3)C1)C2)OC)N(C)C(=O)[C@@H](CC(=O)[C@H](C(C)C)N(C)CCCC(=O)O)C(C)C. The van der Waals surface area contributed by atoms with Crippen molar-refractivity contribution < 1.29 is 48.1 Å². The number of aliphatic carboxylic acids is 1. The maximum absolute atomic E-state index is 14.6. The first-order valence-corrected chi connectivity index (χ1v) is 26.5. The highest BCUT2D eigenvalue weighted by molar-refractivity contribution is 5.90. The summed E-state index contributed by atoms with van der Waals surface area (Å²) in [6.07, 6.45) is 9.10. The van der Waals surface area contributed by atoms with Gasteiger partial charge in [0.15, 0.2) is 5.78 Å². The van der Waals surface area contributed by atoms with Gasteiger partial charge in [0, 0.05) is 64.3 Å². The number of hydrogen-bond acceptors (Lipinski definition) is 10. The minimum atomic E-state index is -0.877. The van der Waals surface area contributed by atoms with E-state index in [1.807, 2.05) is 88.7 Å². The number of carbonyl (C=O) groups excluding carboxylic acids is 5. The van der Waals surface area contributed by atoms with Crippen LogP contribution in [0, 0.1) is 58.7 Å². The van der Waals surface area contributed by atoms with E-state index in [0.29, 0.717) is 39.0 Å². The molecule has 0 unspecified atom stereocenters. The van der Waals surface area contributed by atoms with Crippen LogP contribution >= 0.6 is 0 Å². The van der Waals surface area contributed by atoms with E-state index in [1.54, 1.807) is 26.2 Å². The van der Waals surface area contributed by atoms with Gasteiger partial charge < -0.3 is 29.1 Å². The van der Waals surface area contributed by atoms with Crippen molar-refractivity contribution in [3.05, 3.63) is 35.9 Å². The number of carboxylic acids is 1. The standard InChI is InChI=1S/C56H89N3O10/c1-12-37(6)52(58(9)54(65)44(35(2)3)29-47(61)51(36(4)5)57(8)22-17-21-50(63)64)48(67-10)30-49(62)59-23-16-20-45(59)53(68-11)38(7)46(60)28-43(27-39-18-14-13-15-19-39)55(66)69-34-56-31-40-24-41(32-56)26-42(25-40)33-56/h13-15,18-19,35-38,40-45,48,51-53H,12,16-17,20-34H2,1-11H3,(H,63,64)/t37-,38-,40?,41?,42?,43+,44-,45-,48+,51-,52-,53+,56?/m0/s1. The van der Waals surface area contributed by atoms with Gasteiger partial charge in [0.05, 0.1) is 49.3 Å². The molecule has 4 saturated carbocycles. The summed E-state index contributed by atoms with van der Waals surface area (Å²) in [4.78, 5) is 88.4. The van der Waals surface area contributed by atoms with Crippen LogP contribution in [0.2, 0.25) is 0 Å². The molecule has 2 amide bonds. The first-order chi connectivity index (χ1) is 32.7. The zero-order valence-electron chi connectivity index (χ0n) is 44.2. The van der Waals surface area contributed by atoms with Crippen LogP contribution in [0.4, 0.5) is 0 Å². The number of benzene rings is 1. The van der Waals surface area contributed by atoms with E-state index < -0.39 is 48.0 Å². The monoisotopic (exact) mass is 964 g/mol. The molecule has 1 saturated heterocycles. The molecule has 13 heteroatoms. The van der Waals surface area contributed by atoms with Crippen LogP contribution in [0.25, 0.3) is 0 Å². The average molecular weight is 964 g/mol. The number of likely N-dealkylation sites (N-methyl/N-ethyl adjacent to an activating group) is 2. The third-order valence-electron chi connectivity index (χ3n) is 17.0. The lowest BCUT2D eigenvalue weighted by molar-refractivity contribution is -0.161. The second kappa shape index (κ2) is 25.6. The fourth-order valence-electron chi connectivity index (χ4n) is 13.7. The van der Waals surface area contributed by atoms with Crippen molar-refractivity contribution in [2.75, 3.05) is 48.0 Å². The zero-order valence-corrected chi connectivity index (χ0v) is 44.2. The molecule has 4 bridgehead atoms. The summed E-state index contributed by atoms with van der Waals surface area (Å²) < 4.78 is 18.5. The van der Waals surface area contributed by atoms with Gasteiger partial charge in [0.25, 0.3) is 0 Å². The number of hydrogen-bond donors (Lipinski definition) is 1. The Morgan fingerprint density at radius 2 is 1.45 bits per heavy atom. The minimum Gasteiger partial charge on any atom is -0.481 e. The topological polar surface area (TPSA) is 160 Å². The molecule has 0 radical (unpaired) electrons. The van der Waals surface area contributed by atoms with Gasteiger partial charge in [-0.3, -0.25) is 33.7 Å². The van der Waals surface area contributed by atoms with Crippen molar-refractivity contribution in [1.29, 1.82) is 0 Å². The Balaban J connectivity index is 1.26. The van der Waals surface area contributed by atoms with Crippen LogP contribution in [0.15, 0.2) is 30.3 Å². The normalized spacial score (nSPS) is 25.5. The summed E-state index contributed by atoms with van der Waals surface area (Å²) in [6, 6.07) is 8.50. The molecule has 1 aromatic carbocycles. The smallest absolute Gasteiger partial charge is 0.309 e. The second-order valence-corrected chi connectivity index (χ2v) is 22.9. The number of carboxylic acid groups (broad SMARTS) is 1. The molecule has 5 aliphatic rings. The highest BCUT2D eigenvalue weighted by Gasteiger charge is 2.52. The number of methoxy groups -OCH3 is 2. The Labute approximate surface area is 414 Å². The van der Waals surface area contributed by atoms with Crippen molar-refractivity contribution in [2.45, 2.75) is 175 Å². The molecule has 1 heterocycles. The van der Waals surface area contributed by atoms with Crippen molar-refractivity contribution in [1.82, 2.24) is 14.7 Å². The predicted molar refractivity (Wildman–Crippen MR) is 267 cm³/mol. The number of amides is 2. The number of ether oxygens (including phenoxy) is 3. The Morgan fingerprint density at radius 1 is 0.826 bits per heavy atom. The van der Waals surface area contributed by atoms with E-state index in [-0.39, 0.29) is 84.2 Å². The number of ketones is 2. The summed E-state index contributed by atoms with van der Waals surface area (Å²) in [6.45, 7) is 15.2. The van der Waals surface area contributed by atoms with Gasteiger partial charge >= 0.3 is 11.9 Å². The first-order valence-electron chi connectivity index (χ1n) is 26.5. The maximum Gasteiger partial charge on any atom is 0.309 e. The van der Waals surface area contributed by atoms with Gasteiger partial charge in [-0.2, -0.15) is 0 Å². The van der Waals surface area contributed by atoms with Crippen LogP contribution in [0.5, 0.6) is 0 Å². The Hall–Kier alpha value is -3.68. The molecule has 1 aromatic rings. The number of nitrogens with zero attached hydrogens (tertiary/aromatic N) is 3. The molecule has 13 nitrogen and oxygen atoms in total. The quantitative estimate of drug-likeness (QED) is 0.0767. The van der Waals surface area contributed by atoms with E-state index in [2.05, 4.69) is 6.92 Å². The van der Waals surface area contributed by atoms with Crippen LogP contribution in [0.3, 0.4) is 0 Å². The molecule has 1 aliphatic heterocycles. The van der Waals surface area contributed by atoms with Crippen molar-refractivity contribution >= 4 is 35.3 Å². The van der Waals surface area contributed by atoms with E-state index >= 15 is 0 Å². The molecule has 388 valence electrons. The molecule has 4 aliphatic carbocycles. The van der Waals surface area contributed by atoms with E-state index in [4.69, 9.17) is 14.2 Å². The zero-order chi connectivity index (χ0) is 50.7. The number of rotatable bonds is 29. The van der Waals surface area contributed by atoms with Gasteiger partial charge in [0.2, 0.25) is 11.8 Å². The van der Waals surface area contributed by atoms with Gasteiger partial charge in [-0.1, -0.05) is 85.2 Å². The lowest BCUT2D eigenvalue weighted by Crippen LogP contribution is -2.54. The largest absolute Gasteiger partial charge is 0.481 e. The van der Waals surface area contributed by atoms with Gasteiger partial charge in [-0.05, 0) is 119 Å². The van der Waals surface area contributed by atoms with Crippen molar-refractivity contribution in [2.24, 2.45) is 58.7 Å². The summed E-state index contributed by atoms with van der Waals surface area (Å²) in [5.41, 5.74) is 1.04. The summed E-state index contributed by atoms with van der Waals surface area (Å²) >= 11 is 0. The van der Waals surface area contributed by atoms with Gasteiger partial charge in [-0.15, -0.1) is 0 Å². The number of likely N-dealkylation sites (tertiary alicyclic amines) is 1. The minimum absolute atomic E-state index is 0.00888. The van der Waals surface area contributed by atoms with Gasteiger partial charge in [-0.25, -0.2) is 0 Å². The van der Waals surface area contributed by atoms with Crippen LogP contribution in [0.1, 0.15) is 144 Å². The summed E-state index contributed by atoms with van der Waals surface area (Å²) in [5, 5.41) is 9.17. The number of carbonyl (C=O) groups is 6. The molecule has 0 aromatic heterocycles. The third kappa shape index (κ3) is 14.5. The lowest BCUT2D eigenvalue weighted by atomic mass is 9.50. The molecule has 1 N–H and O–H groups in total. The summed E-state index contributed by atoms with van der Waals surface area (Å²) in [5.74, 6) is -1.54. The molecule has 6 rings (SSSR count). The first kappa shape index (κ1) is 56.2. The molecular weight excluding hydrogens is 875 g/mol. The Bertz CT molecular complexity index is 1830. The van der Waals surface area contributed by atoms with Crippen LogP contribution in [-0.4, -0.2) is 133 Å². The van der Waals surface area contributed by atoms with Crippen LogP contribution in [-0.2, 0) is 49.4 Å². The lowest BCUT2D eigenvalue weighted by Gasteiger charge is -2.56. The second-order valence-electron chi connectivity index (χ2n) is 22.9. The van der Waals surface area contributed by atoms with E-state index in [9.17, 15) is 33.9 Å². The molecule has 5 fully saturated rings. The predicted octanol–water partition coefficient (Wildman–Crippen LogP) is 8.54. The fraction of sp³-hybridized carbons (Fsp3) is 0.786. The number of esters is 1. The van der Waals surface area contributed by atoms with Crippen molar-refractivity contribution in [3.8, 4) is 0 Å². The molecule has 0 spiro atoms.